The fraction of sp³-hybridized carbons (Fsp3) is 0.129. The number of esters is 2. The molecule has 1 unspecified atom stereocenters. The number of pyridine rings is 1. The minimum Gasteiger partial charge on any atom is -0.457 e. The summed E-state index contributed by atoms with van der Waals surface area (Å²) in [6, 6.07) is 24.4. The maximum Gasteiger partial charge on any atom is 0.511 e. The molecule has 11 heteroatoms. The first kappa shape index (κ1) is 29.0. The molecular formula is C31H26BNO8P+. The van der Waals surface area contributed by atoms with Gasteiger partial charge in [0, 0.05) is 12.1 Å². The van der Waals surface area contributed by atoms with E-state index in [4.69, 9.17) is 22.0 Å². The van der Waals surface area contributed by atoms with Gasteiger partial charge in [0.15, 0.2) is 0 Å². The molecule has 4 aromatic carbocycles. The molecule has 9 nitrogen and oxygen atoms in total. The maximum absolute atomic E-state index is 13.9. The molecule has 0 aliphatic carbocycles. The van der Waals surface area contributed by atoms with Crippen LogP contribution in [0.4, 0.5) is 0 Å². The average molecular weight is 582 g/mol. The molecule has 1 heterocycles. The SMILES string of the molecule is [B]OP(=O)(O)Oc1ccc2c(c1)c(C(=O)Oc1c(C)cc(C(=O)OCc3ccccc3)cc1C)c1ccccc1[n+]2C. The Balaban J connectivity index is 1.51. The summed E-state index contributed by atoms with van der Waals surface area (Å²) in [5.41, 5.74) is 3.95. The first-order valence-electron chi connectivity index (χ1n) is 12.9. The molecule has 1 aromatic heterocycles. The van der Waals surface area contributed by atoms with E-state index in [1.807, 2.05) is 54.1 Å². The van der Waals surface area contributed by atoms with E-state index in [-0.39, 0.29) is 17.9 Å². The number of hydrogen-bond donors (Lipinski definition) is 1. The van der Waals surface area contributed by atoms with Crippen LogP contribution in [0.1, 0.15) is 37.4 Å². The Kier molecular flexibility index (Phi) is 8.14. The second-order valence-corrected chi connectivity index (χ2v) is 11.0. The molecule has 0 fully saturated rings. The molecule has 5 rings (SSSR count). The van der Waals surface area contributed by atoms with E-state index in [1.165, 1.54) is 12.1 Å². The summed E-state index contributed by atoms with van der Waals surface area (Å²) in [5, 5.41) is 1.00. The lowest BCUT2D eigenvalue weighted by Crippen LogP contribution is -2.31. The van der Waals surface area contributed by atoms with Crippen LogP contribution >= 0.6 is 7.82 Å². The first-order chi connectivity index (χ1) is 20.1. The van der Waals surface area contributed by atoms with Gasteiger partial charge in [-0.05, 0) is 60.9 Å². The molecule has 210 valence electrons. The van der Waals surface area contributed by atoms with Crippen molar-refractivity contribution < 1.29 is 42.1 Å². The van der Waals surface area contributed by atoms with Crippen molar-refractivity contribution in [1.29, 1.82) is 0 Å². The Hall–Kier alpha value is -4.50. The predicted molar refractivity (Wildman–Crippen MR) is 156 cm³/mol. The lowest BCUT2D eigenvalue weighted by Gasteiger charge is -2.15. The zero-order chi connectivity index (χ0) is 30.0. The van der Waals surface area contributed by atoms with Gasteiger partial charge in [-0.2, -0.15) is 4.57 Å². The number of carbonyl (C=O) groups is 2. The number of para-hydroxylation sites is 1. The minimum absolute atomic E-state index is 0.0335. The van der Waals surface area contributed by atoms with Crippen molar-refractivity contribution in [3.05, 3.63) is 113 Å². The van der Waals surface area contributed by atoms with Gasteiger partial charge < -0.3 is 18.4 Å². The predicted octanol–water partition coefficient (Wildman–Crippen LogP) is 5.59. The van der Waals surface area contributed by atoms with Crippen molar-refractivity contribution in [2.24, 2.45) is 7.05 Å². The minimum atomic E-state index is -4.56. The topological polar surface area (TPSA) is 112 Å². The Bertz CT molecular complexity index is 1870. The molecule has 0 saturated carbocycles. The number of nitrogens with zero attached hydrogens (tertiary/aromatic N) is 1. The zero-order valence-electron chi connectivity index (χ0n) is 23.1. The van der Waals surface area contributed by atoms with Crippen LogP contribution in [0.25, 0.3) is 21.8 Å². The van der Waals surface area contributed by atoms with Crippen LogP contribution in [0.5, 0.6) is 11.5 Å². The fourth-order valence-electron chi connectivity index (χ4n) is 4.87. The second-order valence-electron chi connectivity index (χ2n) is 9.69. The number of fused-ring (bicyclic) bond motifs is 2. The summed E-state index contributed by atoms with van der Waals surface area (Å²) < 4.78 is 34.3. The highest BCUT2D eigenvalue weighted by atomic mass is 31.2. The summed E-state index contributed by atoms with van der Waals surface area (Å²) in [6.45, 7) is 3.61. The second kappa shape index (κ2) is 11.8. The highest BCUT2D eigenvalue weighted by Crippen LogP contribution is 2.43. The number of aryl methyl sites for hydroxylation is 3. The molecule has 42 heavy (non-hydrogen) atoms. The van der Waals surface area contributed by atoms with E-state index < -0.39 is 19.8 Å². The van der Waals surface area contributed by atoms with Crippen LogP contribution in [-0.2, 0) is 27.4 Å². The number of aromatic nitrogens is 1. The van der Waals surface area contributed by atoms with Crippen molar-refractivity contribution >= 4 is 49.6 Å². The van der Waals surface area contributed by atoms with E-state index in [9.17, 15) is 19.0 Å². The van der Waals surface area contributed by atoms with Crippen LogP contribution in [0.15, 0.2) is 84.9 Å². The molecule has 0 bridgehead atoms. The molecule has 2 radical (unpaired) electrons. The Morgan fingerprint density at radius 3 is 2.19 bits per heavy atom. The summed E-state index contributed by atoms with van der Waals surface area (Å²) in [7, 11) is 2.16. The van der Waals surface area contributed by atoms with Crippen molar-refractivity contribution in [3.63, 3.8) is 0 Å². The molecule has 0 spiro atoms. The van der Waals surface area contributed by atoms with Crippen LogP contribution in [0.2, 0.25) is 0 Å². The highest BCUT2D eigenvalue weighted by molar-refractivity contribution is 7.48. The van der Waals surface area contributed by atoms with Gasteiger partial charge in [0.05, 0.1) is 21.9 Å². The summed E-state index contributed by atoms with van der Waals surface area (Å²) >= 11 is 0. The Morgan fingerprint density at radius 1 is 0.857 bits per heavy atom. The van der Waals surface area contributed by atoms with Crippen LogP contribution in [0.3, 0.4) is 0 Å². The van der Waals surface area contributed by atoms with Gasteiger partial charge >= 0.3 is 27.8 Å². The number of phosphoric ester groups is 1. The lowest BCUT2D eigenvalue weighted by atomic mass is 10.0. The molecule has 1 N–H and O–H groups in total. The van der Waals surface area contributed by atoms with Gasteiger partial charge in [0.2, 0.25) is 11.0 Å². The summed E-state index contributed by atoms with van der Waals surface area (Å²) in [5.74, 6) is -0.893. The van der Waals surface area contributed by atoms with Crippen LogP contribution in [0, 0.1) is 13.8 Å². The number of ether oxygens (including phenoxy) is 2. The van der Waals surface area contributed by atoms with Crippen LogP contribution < -0.4 is 13.8 Å². The number of carbonyl (C=O) groups excluding carboxylic acids is 2. The van der Waals surface area contributed by atoms with Gasteiger partial charge in [0.1, 0.15) is 25.2 Å². The van der Waals surface area contributed by atoms with Crippen molar-refractivity contribution in [2.75, 3.05) is 0 Å². The third-order valence-electron chi connectivity index (χ3n) is 6.80. The Labute approximate surface area is 243 Å². The molecule has 1 atom stereocenters. The van der Waals surface area contributed by atoms with Gasteiger partial charge in [-0.1, -0.05) is 42.5 Å². The monoisotopic (exact) mass is 582 g/mol. The summed E-state index contributed by atoms with van der Waals surface area (Å²) in [6.07, 6.45) is 0. The smallest absolute Gasteiger partial charge is 0.457 e. The number of phosphoric acid groups is 1. The molecular weight excluding hydrogens is 556 g/mol. The van der Waals surface area contributed by atoms with Crippen molar-refractivity contribution in [1.82, 2.24) is 0 Å². The summed E-state index contributed by atoms with van der Waals surface area (Å²) in [4.78, 5) is 36.4. The highest BCUT2D eigenvalue weighted by Gasteiger charge is 2.27. The third-order valence-corrected chi connectivity index (χ3v) is 7.50. The van der Waals surface area contributed by atoms with Crippen molar-refractivity contribution in [3.8, 4) is 11.5 Å². The maximum atomic E-state index is 13.9. The lowest BCUT2D eigenvalue weighted by molar-refractivity contribution is -0.617. The quantitative estimate of drug-likeness (QED) is 0.0630. The third kappa shape index (κ3) is 5.92. The number of rotatable bonds is 8. The number of hydrogen-bond acceptors (Lipinski definition) is 7. The molecule has 5 aromatic rings. The van der Waals surface area contributed by atoms with Crippen LogP contribution in [-0.4, -0.2) is 24.9 Å². The average Bonchev–Trinajstić information content (AvgIpc) is 2.98. The number of benzene rings is 4. The van der Waals surface area contributed by atoms with Gasteiger partial charge in [0.25, 0.3) is 0 Å². The van der Waals surface area contributed by atoms with E-state index in [0.29, 0.717) is 38.7 Å². The molecule has 0 saturated heterocycles. The van der Waals surface area contributed by atoms with E-state index in [0.717, 1.165) is 11.1 Å². The van der Waals surface area contributed by atoms with E-state index in [2.05, 4.69) is 4.44 Å². The molecule has 0 amide bonds. The largest absolute Gasteiger partial charge is 0.511 e. The van der Waals surface area contributed by atoms with Gasteiger partial charge in [-0.25, -0.2) is 14.2 Å². The first-order valence-corrected chi connectivity index (χ1v) is 14.4. The van der Waals surface area contributed by atoms with E-state index in [1.54, 1.807) is 44.2 Å². The normalized spacial score (nSPS) is 12.6. The zero-order valence-corrected chi connectivity index (χ0v) is 24.0. The van der Waals surface area contributed by atoms with Crippen molar-refractivity contribution in [2.45, 2.75) is 20.5 Å². The van der Waals surface area contributed by atoms with Gasteiger partial charge in [-0.3, -0.25) is 4.89 Å². The fourth-order valence-corrected chi connectivity index (χ4v) is 5.29. The van der Waals surface area contributed by atoms with Gasteiger partial charge in [-0.15, -0.1) is 0 Å². The molecule has 0 aliphatic rings. The Morgan fingerprint density at radius 2 is 1.50 bits per heavy atom. The standard InChI is InChI=1S/C31H25BNO8P/c1-19-15-22(30(34)38-18-21-9-5-4-6-10-21)16-20(2)29(19)39-31(35)28-24-11-7-8-12-26(24)33(3)27-14-13-23(17-25(27)28)40-42(36,37)41-32/h4-17H,18H2,1-3H3/p+1. The molecule has 0 aliphatic heterocycles. The van der Waals surface area contributed by atoms with E-state index >= 15 is 0 Å².